The molecule has 4 N–H and O–H groups in total. The van der Waals surface area contributed by atoms with E-state index < -0.39 is 6.10 Å². The van der Waals surface area contributed by atoms with Crippen molar-refractivity contribution in [3.8, 4) is 29.1 Å². The van der Waals surface area contributed by atoms with E-state index in [1.807, 2.05) is 15.5 Å². The first kappa shape index (κ1) is 24.6. The number of piperidine rings is 1. The molecule has 11 nitrogen and oxygen atoms in total. The quantitative estimate of drug-likeness (QED) is 0.413. The van der Waals surface area contributed by atoms with Gasteiger partial charge in [0.2, 0.25) is 0 Å². The van der Waals surface area contributed by atoms with Crippen LogP contribution in [0.2, 0.25) is 0 Å². The summed E-state index contributed by atoms with van der Waals surface area (Å²) in [7, 11) is 1.54. The zero-order valence-electron chi connectivity index (χ0n) is 19.5. The molecule has 4 rings (SSSR count). The topological polar surface area (TPSA) is 163 Å². The first-order valence-corrected chi connectivity index (χ1v) is 12.1. The largest absolute Gasteiger partial charge is 0.504 e. The number of nitriles is 1. The van der Waals surface area contributed by atoms with Gasteiger partial charge in [-0.05, 0) is 49.9 Å². The lowest BCUT2D eigenvalue weighted by molar-refractivity contribution is -0.142. The van der Waals surface area contributed by atoms with Crippen LogP contribution in [0.25, 0.3) is 11.5 Å². The Balaban J connectivity index is 1.45. The maximum Gasteiger partial charge on any atom is 0.251 e. The average molecular weight is 498 g/mol. The highest BCUT2D eigenvalue weighted by molar-refractivity contribution is 7.99. The molecule has 184 valence electrons. The summed E-state index contributed by atoms with van der Waals surface area (Å²) in [5.41, 5.74) is 6.70. The number of phenols is 2. The van der Waals surface area contributed by atoms with E-state index in [4.69, 9.17) is 10.5 Å². The summed E-state index contributed by atoms with van der Waals surface area (Å²) in [5.74, 6) is 0.638. The van der Waals surface area contributed by atoms with Gasteiger partial charge in [-0.2, -0.15) is 5.26 Å². The number of anilines is 1. The van der Waals surface area contributed by atoms with Crippen LogP contribution in [-0.2, 0) is 16.1 Å². The minimum Gasteiger partial charge on any atom is -0.504 e. The molecule has 1 aromatic rings. The summed E-state index contributed by atoms with van der Waals surface area (Å²) in [6.07, 6.45) is 3.96. The molecule has 1 fully saturated rings. The van der Waals surface area contributed by atoms with Gasteiger partial charge in [-0.3, -0.25) is 4.79 Å². The second kappa shape index (κ2) is 10.4. The molecule has 3 aliphatic rings. The molecule has 1 atom stereocenters. The standard InChI is InChI=1S/C23H27N7O4S/c1-13(34-2)22(33)29-6-3-14(4-7-29)5-8-30-12-26-20(25)19-21(30)28-23(27-19)35-18-10-17(32)16(31)9-15(18)11-24/h9-10,12-14,31-32H,3-8,25H2,1-2H3/t13-/m1/s1. The van der Waals surface area contributed by atoms with Crippen LogP contribution >= 0.6 is 11.8 Å². The van der Waals surface area contributed by atoms with Crippen LogP contribution in [0.4, 0.5) is 5.82 Å². The number of rotatable bonds is 7. The van der Waals surface area contributed by atoms with Crippen molar-refractivity contribution in [3.05, 3.63) is 24.0 Å². The molecule has 0 aliphatic carbocycles. The van der Waals surface area contributed by atoms with Gasteiger partial charge in [0, 0.05) is 37.7 Å². The van der Waals surface area contributed by atoms with Crippen LogP contribution in [0.1, 0.15) is 31.7 Å². The van der Waals surface area contributed by atoms with Crippen molar-refractivity contribution >= 4 is 23.5 Å². The molecule has 0 aromatic heterocycles. The van der Waals surface area contributed by atoms with Crippen molar-refractivity contribution in [1.29, 1.82) is 5.26 Å². The number of amides is 1. The SMILES string of the molecule is CO[C@H](C)C(=O)N1CCC(CCn2cnc(N)c3nc(Sc4cc(O)c(O)cc4C#N)nc2-3)CC1. The Bertz CT molecular complexity index is 1230. The number of nitrogens with zero attached hydrogens (tertiary/aromatic N) is 6. The number of aryl methyl sites for hydroxylation is 1. The smallest absolute Gasteiger partial charge is 0.251 e. The van der Waals surface area contributed by atoms with Gasteiger partial charge in [0.25, 0.3) is 5.91 Å². The second-order valence-electron chi connectivity index (χ2n) is 8.49. The van der Waals surface area contributed by atoms with E-state index in [2.05, 4.69) is 15.0 Å². The third-order valence-electron chi connectivity index (χ3n) is 6.28. The van der Waals surface area contributed by atoms with E-state index in [1.165, 1.54) is 12.1 Å². The normalized spacial score (nSPS) is 15.3. The van der Waals surface area contributed by atoms with Gasteiger partial charge in [-0.1, -0.05) is 0 Å². The minimum absolute atomic E-state index is 0.0309. The number of ether oxygens (including phenoxy) is 1. The van der Waals surface area contributed by atoms with Crippen molar-refractivity contribution in [2.24, 2.45) is 5.92 Å². The van der Waals surface area contributed by atoms with Gasteiger partial charge in [0.1, 0.15) is 12.2 Å². The van der Waals surface area contributed by atoms with Gasteiger partial charge < -0.3 is 30.2 Å². The number of hydrogen-bond donors (Lipinski definition) is 3. The molecule has 35 heavy (non-hydrogen) atoms. The highest BCUT2D eigenvalue weighted by atomic mass is 32.2. The average Bonchev–Trinajstić information content (AvgIpc) is 3.30. The summed E-state index contributed by atoms with van der Waals surface area (Å²) in [4.78, 5) is 27.9. The van der Waals surface area contributed by atoms with Crippen molar-refractivity contribution in [2.45, 2.75) is 48.9 Å². The van der Waals surface area contributed by atoms with Crippen molar-refractivity contribution in [3.63, 3.8) is 0 Å². The minimum atomic E-state index is -0.422. The maximum absolute atomic E-state index is 12.3. The van der Waals surface area contributed by atoms with Crippen molar-refractivity contribution in [1.82, 2.24) is 24.4 Å². The fourth-order valence-electron chi connectivity index (χ4n) is 4.09. The number of carbonyl (C=O) groups excluding carboxylic acids is 1. The molecule has 0 spiro atoms. The van der Waals surface area contributed by atoms with Crippen LogP contribution in [-0.4, -0.2) is 66.8 Å². The Morgan fingerprint density at radius 2 is 2.03 bits per heavy atom. The molecule has 0 unspecified atom stereocenters. The molecule has 3 aliphatic heterocycles. The number of carbonyl (C=O) groups is 1. The number of methoxy groups -OCH3 is 1. The van der Waals surface area contributed by atoms with Gasteiger partial charge in [-0.15, -0.1) is 0 Å². The number of likely N-dealkylation sites (tertiary alicyclic amines) is 1. The second-order valence-corrected chi connectivity index (χ2v) is 9.50. The number of imidazole rings is 1. The summed E-state index contributed by atoms with van der Waals surface area (Å²) in [5, 5.41) is 29.2. The highest BCUT2D eigenvalue weighted by Crippen LogP contribution is 2.38. The van der Waals surface area contributed by atoms with Crippen molar-refractivity contribution in [2.75, 3.05) is 25.9 Å². The van der Waals surface area contributed by atoms with Crippen molar-refractivity contribution < 1.29 is 19.7 Å². The summed E-state index contributed by atoms with van der Waals surface area (Å²) in [6.45, 7) is 3.87. The molecule has 0 radical (unpaired) electrons. The number of aromatic hydroxyl groups is 2. The summed E-state index contributed by atoms with van der Waals surface area (Å²) < 4.78 is 7.06. The van der Waals surface area contributed by atoms with Gasteiger partial charge in [0.15, 0.2) is 34.0 Å². The lowest BCUT2D eigenvalue weighted by Gasteiger charge is -2.33. The number of nitrogen functional groups attached to an aromatic ring is 1. The number of phenolic OH excluding ortho intramolecular Hbond substituents is 2. The van der Waals surface area contributed by atoms with Crippen LogP contribution < -0.4 is 5.73 Å². The molecular weight excluding hydrogens is 470 g/mol. The number of hydrogen-bond acceptors (Lipinski definition) is 10. The Morgan fingerprint density at radius 3 is 2.71 bits per heavy atom. The number of fused-ring (bicyclic) bond motifs is 1. The number of nitrogens with two attached hydrogens (primary N) is 1. The third kappa shape index (κ3) is 5.26. The predicted octanol–water partition coefficient (Wildman–Crippen LogP) is 2.46. The van der Waals surface area contributed by atoms with Gasteiger partial charge >= 0.3 is 0 Å². The summed E-state index contributed by atoms with van der Waals surface area (Å²) >= 11 is 1.10. The molecule has 1 saturated heterocycles. The molecule has 1 aromatic carbocycles. The van der Waals surface area contributed by atoms with Gasteiger partial charge in [0.05, 0.1) is 11.9 Å². The number of aromatic nitrogens is 4. The van der Waals surface area contributed by atoms with E-state index in [1.54, 1.807) is 20.4 Å². The number of benzene rings is 1. The Morgan fingerprint density at radius 1 is 1.31 bits per heavy atom. The van der Waals surface area contributed by atoms with Crippen LogP contribution in [0, 0.1) is 17.2 Å². The zero-order valence-corrected chi connectivity index (χ0v) is 20.3. The van der Waals surface area contributed by atoms with E-state index in [9.17, 15) is 20.3 Å². The van der Waals surface area contributed by atoms with E-state index in [0.29, 0.717) is 34.0 Å². The Hall–Kier alpha value is -3.56. The summed E-state index contributed by atoms with van der Waals surface area (Å²) in [6, 6.07) is 4.50. The molecule has 12 heteroatoms. The first-order chi connectivity index (χ1) is 16.8. The molecule has 1 amide bonds. The lowest BCUT2D eigenvalue weighted by atomic mass is 9.93. The van der Waals surface area contributed by atoms with Gasteiger partial charge in [-0.25, -0.2) is 15.0 Å². The Labute approximate surface area is 206 Å². The fraction of sp³-hybridized carbons (Fsp3) is 0.435. The first-order valence-electron chi connectivity index (χ1n) is 11.2. The van der Waals surface area contributed by atoms with E-state index in [0.717, 1.165) is 44.1 Å². The Kier molecular flexibility index (Phi) is 7.28. The predicted molar refractivity (Wildman–Crippen MR) is 128 cm³/mol. The maximum atomic E-state index is 12.3. The zero-order chi connectivity index (χ0) is 25.1. The molecule has 0 saturated carbocycles. The van der Waals surface area contributed by atoms with Crippen LogP contribution in [0.15, 0.2) is 28.5 Å². The molecule has 0 bridgehead atoms. The fourth-order valence-corrected chi connectivity index (χ4v) is 4.94. The van der Waals surface area contributed by atoms with Crippen LogP contribution in [0.5, 0.6) is 11.5 Å². The van der Waals surface area contributed by atoms with E-state index >= 15 is 0 Å². The molecule has 3 heterocycles. The van der Waals surface area contributed by atoms with Crippen LogP contribution in [0.3, 0.4) is 0 Å². The van der Waals surface area contributed by atoms with E-state index in [-0.39, 0.29) is 28.8 Å². The lowest BCUT2D eigenvalue weighted by Crippen LogP contribution is -2.43. The highest BCUT2D eigenvalue weighted by Gasteiger charge is 2.26. The molecular formula is C23H27N7O4S. The third-order valence-corrected chi connectivity index (χ3v) is 7.20. The monoisotopic (exact) mass is 497 g/mol.